The molecule has 0 unspecified atom stereocenters. The highest BCUT2D eigenvalue weighted by atomic mass is 14.2. The van der Waals surface area contributed by atoms with E-state index in [4.69, 9.17) is 0 Å². The first-order chi connectivity index (χ1) is 4.88. The summed E-state index contributed by atoms with van der Waals surface area (Å²) in [6.45, 7) is 2.25. The van der Waals surface area contributed by atoms with Crippen LogP contribution in [0.15, 0.2) is 34.9 Å². The highest BCUT2D eigenvalue weighted by molar-refractivity contribution is 5.51. The molecule has 52 valence electrons. The zero-order valence-electron chi connectivity index (χ0n) is 6.35. The summed E-state index contributed by atoms with van der Waals surface area (Å²) in [7, 11) is 0. The van der Waals surface area contributed by atoms with Crippen LogP contribution < -0.4 is 0 Å². The number of hydrogen-bond donors (Lipinski definition) is 0. The van der Waals surface area contributed by atoms with Crippen LogP contribution in [0.5, 0.6) is 0 Å². The summed E-state index contributed by atoms with van der Waals surface area (Å²) in [5.41, 5.74) is 4.65. The molecule has 0 spiro atoms. The lowest BCUT2D eigenvalue weighted by molar-refractivity contribution is 0.774. The van der Waals surface area contributed by atoms with Crippen molar-refractivity contribution in [2.75, 3.05) is 0 Å². The Morgan fingerprint density at radius 2 is 2.20 bits per heavy atom. The van der Waals surface area contributed by atoms with Crippen LogP contribution in [0.4, 0.5) is 0 Å². The zero-order chi connectivity index (χ0) is 6.97. The molecule has 0 nitrogen and oxygen atoms in total. The molecule has 0 fully saturated rings. The van der Waals surface area contributed by atoms with Crippen LogP contribution in [0.25, 0.3) is 0 Å². The molecule has 0 aromatic rings. The molecular formula is C10H12. The molecule has 0 bridgehead atoms. The maximum absolute atomic E-state index is 2.25. The first kappa shape index (κ1) is 5.96. The molecule has 0 heterocycles. The molecule has 10 heavy (non-hydrogen) atoms. The van der Waals surface area contributed by atoms with Gasteiger partial charge >= 0.3 is 0 Å². The number of rotatable bonds is 0. The average molecular weight is 132 g/mol. The molecule has 0 aromatic carbocycles. The van der Waals surface area contributed by atoms with Crippen LogP contribution in [0, 0.1) is 0 Å². The molecule has 2 rings (SSSR count). The molecule has 0 aromatic heterocycles. The summed E-state index contributed by atoms with van der Waals surface area (Å²) in [4.78, 5) is 0. The minimum absolute atomic E-state index is 1.29. The quantitative estimate of drug-likeness (QED) is 0.475. The van der Waals surface area contributed by atoms with Crippen molar-refractivity contribution in [3.05, 3.63) is 34.9 Å². The SMILES string of the molecule is CC1=C2C=CC=C2CCC1. The van der Waals surface area contributed by atoms with Gasteiger partial charge in [0.15, 0.2) is 0 Å². The Bertz CT molecular complexity index is 239. The summed E-state index contributed by atoms with van der Waals surface area (Å²) in [6, 6.07) is 0. The second-order valence-electron chi connectivity index (χ2n) is 3.10. The fraction of sp³-hybridized carbons (Fsp3) is 0.400. The standard InChI is InChI=1S/C10H12/c1-8-4-2-5-9-6-3-7-10(8)9/h3,6-7H,2,4-5H2,1H3. The second-order valence-corrected chi connectivity index (χ2v) is 3.10. The van der Waals surface area contributed by atoms with Crippen LogP contribution >= 0.6 is 0 Å². The molecule has 0 atom stereocenters. The summed E-state index contributed by atoms with van der Waals surface area (Å²) in [6.07, 6.45) is 10.6. The van der Waals surface area contributed by atoms with Crippen molar-refractivity contribution in [2.24, 2.45) is 0 Å². The predicted octanol–water partition coefficient (Wildman–Crippen LogP) is 2.98. The molecular weight excluding hydrogens is 120 g/mol. The minimum atomic E-state index is 1.29. The molecule has 2 aliphatic rings. The Kier molecular flexibility index (Phi) is 1.26. The lowest BCUT2D eigenvalue weighted by atomic mass is 9.90. The van der Waals surface area contributed by atoms with Crippen molar-refractivity contribution in [2.45, 2.75) is 26.2 Å². The Labute approximate surface area is 61.9 Å². The molecule has 0 radical (unpaired) electrons. The van der Waals surface area contributed by atoms with Crippen molar-refractivity contribution in [1.82, 2.24) is 0 Å². The zero-order valence-corrected chi connectivity index (χ0v) is 6.35. The fourth-order valence-electron chi connectivity index (χ4n) is 1.77. The topological polar surface area (TPSA) is 0 Å². The monoisotopic (exact) mass is 132 g/mol. The van der Waals surface area contributed by atoms with E-state index in [1.54, 1.807) is 11.1 Å². The van der Waals surface area contributed by atoms with E-state index in [1.165, 1.54) is 24.8 Å². The highest BCUT2D eigenvalue weighted by Crippen LogP contribution is 2.32. The van der Waals surface area contributed by atoms with Crippen molar-refractivity contribution in [1.29, 1.82) is 0 Å². The number of hydrogen-bond acceptors (Lipinski definition) is 0. The van der Waals surface area contributed by atoms with E-state index in [-0.39, 0.29) is 0 Å². The van der Waals surface area contributed by atoms with Gasteiger partial charge in [-0.1, -0.05) is 23.8 Å². The van der Waals surface area contributed by atoms with Crippen molar-refractivity contribution in [3.63, 3.8) is 0 Å². The number of fused-ring (bicyclic) bond motifs is 1. The van der Waals surface area contributed by atoms with Gasteiger partial charge in [-0.2, -0.15) is 0 Å². The number of allylic oxidation sites excluding steroid dienone is 6. The lowest BCUT2D eigenvalue weighted by Gasteiger charge is -2.15. The van der Waals surface area contributed by atoms with Gasteiger partial charge in [0.1, 0.15) is 0 Å². The normalized spacial score (nSPS) is 23.1. The van der Waals surface area contributed by atoms with Crippen molar-refractivity contribution in [3.8, 4) is 0 Å². The highest BCUT2D eigenvalue weighted by Gasteiger charge is 2.13. The molecule has 0 saturated carbocycles. The van der Waals surface area contributed by atoms with Gasteiger partial charge in [-0.15, -0.1) is 0 Å². The van der Waals surface area contributed by atoms with Gasteiger partial charge in [0.2, 0.25) is 0 Å². The third kappa shape index (κ3) is 0.756. The Hall–Kier alpha value is -0.780. The fourth-order valence-corrected chi connectivity index (χ4v) is 1.77. The minimum Gasteiger partial charge on any atom is -0.0658 e. The first-order valence-corrected chi connectivity index (χ1v) is 3.95. The Morgan fingerprint density at radius 3 is 3.00 bits per heavy atom. The van der Waals surface area contributed by atoms with Gasteiger partial charge in [0.25, 0.3) is 0 Å². The van der Waals surface area contributed by atoms with E-state index >= 15 is 0 Å². The van der Waals surface area contributed by atoms with Gasteiger partial charge < -0.3 is 0 Å². The largest absolute Gasteiger partial charge is 0.0658 e. The van der Waals surface area contributed by atoms with E-state index in [9.17, 15) is 0 Å². The maximum Gasteiger partial charge on any atom is -0.0235 e. The molecule has 0 N–H and O–H groups in total. The molecule has 0 aliphatic heterocycles. The van der Waals surface area contributed by atoms with Gasteiger partial charge in [-0.3, -0.25) is 0 Å². The van der Waals surface area contributed by atoms with Crippen LogP contribution in [0.3, 0.4) is 0 Å². The molecule has 0 amide bonds. The maximum atomic E-state index is 2.25. The van der Waals surface area contributed by atoms with E-state index < -0.39 is 0 Å². The second kappa shape index (κ2) is 2.12. The molecule has 2 aliphatic carbocycles. The summed E-state index contributed by atoms with van der Waals surface area (Å²) in [5.74, 6) is 0. The summed E-state index contributed by atoms with van der Waals surface area (Å²) >= 11 is 0. The van der Waals surface area contributed by atoms with Crippen LogP contribution in [-0.4, -0.2) is 0 Å². The van der Waals surface area contributed by atoms with Crippen molar-refractivity contribution >= 4 is 0 Å². The van der Waals surface area contributed by atoms with E-state index in [2.05, 4.69) is 25.2 Å². The van der Waals surface area contributed by atoms with Gasteiger partial charge in [0, 0.05) is 0 Å². The van der Waals surface area contributed by atoms with E-state index in [0.29, 0.717) is 0 Å². The molecule has 0 saturated heterocycles. The van der Waals surface area contributed by atoms with Crippen LogP contribution in [0.1, 0.15) is 26.2 Å². The van der Waals surface area contributed by atoms with Gasteiger partial charge in [-0.05, 0) is 37.3 Å². The lowest BCUT2D eigenvalue weighted by Crippen LogP contribution is -1.96. The van der Waals surface area contributed by atoms with Gasteiger partial charge in [-0.25, -0.2) is 0 Å². The van der Waals surface area contributed by atoms with Gasteiger partial charge in [0.05, 0.1) is 0 Å². The van der Waals surface area contributed by atoms with E-state index in [0.717, 1.165) is 0 Å². The Morgan fingerprint density at radius 1 is 1.30 bits per heavy atom. The van der Waals surface area contributed by atoms with Crippen LogP contribution in [0.2, 0.25) is 0 Å². The summed E-state index contributed by atoms with van der Waals surface area (Å²) < 4.78 is 0. The van der Waals surface area contributed by atoms with Crippen LogP contribution in [-0.2, 0) is 0 Å². The van der Waals surface area contributed by atoms with Crippen molar-refractivity contribution < 1.29 is 0 Å². The Balaban J connectivity index is 2.45. The average Bonchev–Trinajstić information content (AvgIpc) is 2.36. The third-order valence-corrected chi connectivity index (χ3v) is 2.36. The molecule has 0 heteroatoms. The summed E-state index contributed by atoms with van der Waals surface area (Å²) in [5, 5.41) is 0. The smallest absolute Gasteiger partial charge is 0.0235 e. The predicted molar refractivity (Wildman–Crippen MR) is 43.8 cm³/mol. The van der Waals surface area contributed by atoms with E-state index in [1.807, 2.05) is 0 Å². The first-order valence-electron chi connectivity index (χ1n) is 3.95. The third-order valence-electron chi connectivity index (χ3n) is 2.36.